The Morgan fingerprint density at radius 3 is 2.50 bits per heavy atom. The van der Waals surface area contributed by atoms with Gasteiger partial charge in [0.2, 0.25) is 11.8 Å². The van der Waals surface area contributed by atoms with E-state index in [-0.39, 0.29) is 5.70 Å². The standard InChI is InChI=1S/C6H7N3O3/c7-2-1-3(10)9-6(12)4(2)5(8)11/h1,4H,7H2,(H2,8,11)(H,9,10,12). The minimum Gasteiger partial charge on any atom is -0.401 e. The van der Waals surface area contributed by atoms with Crippen LogP contribution in [-0.4, -0.2) is 17.7 Å². The van der Waals surface area contributed by atoms with E-state index in [4.69, 9.17) is 11.5 Å². The molecule has 0 saturated carbocycles. The smallest absolute Gasteiger partial charge is 0.252 e. The second kappa shape index (κ2) is 2.65. The molecule has 0 aromatic carbocycles. The van der Waals surface area contributed by atoms with Crippen LogP contribution in [0.15, 0.2) is 11.8 Å². The molecule has 1 heterocycles. The molecule has 6 heteroatoms. The molecular formula is C6H7N3O3. The van der Waals surface area contributed by atoms with Gasteiger partial charge in [-0.1, -0.05) is 0 Å². The summed E-state index contributed by atoms with van der Waals surface area (Å²) in [6.07, 6.45) is 0.969. The molecule has 1 unspecified atom stereocenters. The minimum atomic E-state index is -1.22. The summed E-state index contributed by atoms with van der Waals surface area (Å²) in [7, 11) is 0. The Kier molecular flexibility index (Phi) is 1.82. The van der Waals surface area contributed by atoms with Crippen LogP contribution in [0.25, 0.3) is 0 Å². The van der Waals surface area contributed by atoms with Crippen molar-refractivity contribution >= 4 is 17.7 Å². The number of amides is 3. The first kappa shape index (κ1) is 8.25. The maximum absolute atomic E-state index is 10.9. The molecular weight excluding hydrogens is 162 g/mol. The lowest BCUT2D eigenvalue weighted by Gasteiger charge is -2.16. The van der Waals surface area contributed by atoms with Crippen molar-refractivity contribution < 1.29 is 14.4 Å². The van der Waals surface area contributed by atoms with Gasteiger partial charge in [0.25, 0.3) is 5.91 Å². The molecule has 0 spiro atoms. The van der Waals surface area contributed by atoms with Crippen molar-refractivity contribution in [3.05, 3.63) is 11.8 Å². The number of rotatable bonds is 1. The van der Waals surface area contributed by atoms with E-state index in [9.17, 15) is 14.4 Å². The maximum Gasteiger partial charge on any atom is 0.252 e. The molecule has 64 valence electrons. The van der Waals surface area contributed by atoms with E-state index < -0.39 is 23.6 Å². The molecule has 0 fully saturated rings. The van der Waals surface area contributed by atoms with Gasteiger partial charge in [-0.05, 0) is 0 Å². The first-order valence-electron chi connectivity index (χ1n) is 3.13. The van der Waals surface area contributed by atoms with E-state index in [0.29, 0.717) is 0 Å². The van der Waals surface area contributed by atoms with Gasteiger partial charge in [-0.2, -0.15) is 0 Å². The van der Waals surface area contributed by atoms with E-state index >= 15 is 0 Å². The first-order chi connectivity index (χ1) is 5.52. The third kappa shape index (κ3) is 1.26. The highest BCUT2D eigenvalue weighted by Gasteiger charge is 2.31. The van der Waals surface area contributed by atoms with Gasteiger partial charge in [-0.15, -0.1) is 0 Å². The average molecular weight is 169 g/mol. The van der Waals surface area contributed by atoms with E-state index in [0.717, 1.165) is 6.08 Å². The van der Waals surface area contributed by atoms with Crippen LogP contribution in [-0.2, 0) is 14.4 Å². The van der Waals surface area contributed by atoms with Gasteiger partial charge < -0.3 is 11.5 Å². The summed E-state index contributed by atoms with van der Waals surface area (Å²) in [5.41, 5.74) is 9.99. The molecule has 0 aromatic rings. The van der Waals surface area contributed by atoms with Crippen molar-refractivity contribution in [2.45, 2.75) is 0 Å². The quantitative estimate of drug-likeness (QED) is 0.299. The Morgan fingerprint density at radius 1 is 1.50 bits per heavy atom. The van der Waals surface area contributed by atoms with Crippen LogP contribution in [0, 0.1) is 5.92 Å². The number of carbonyl (C=O) groups excluding carboxylic acids is 3. The Labute approximate surface area is 67.6 Å². The molecule has 5 N–H and O–H groups in total. The molecule has 1 rings (SSSR count). The minimum absolute atomic E-state index is 0.115. The number of hydrogen-bond donors (Lipinski definition) is 3. The second-order valence-electron chi connectivity index (χ2n) is 2.33. The summed E-state index contributed by atoms with van der Waals surface area (Å²) in [5.74, 6) is -3.49. The van der Waals surface area contributed by atoms with E-state index in [1.807, 2.05) is 5.32 Å². The van der Waals surface area contributed by atoms with Gasteiger partial charge in [0, 0.05) is 11.8 Å². The second-order valence-corrected chi connectivity index (χ2v) is 2.33. The fourth-order valence-corrected chi connectivity index (χ4v) is 0.909. The lowest BCUT2D eigenvalue weighted by atomic mass is 10.0. The summed E-state index contributed by atoms with van der Waals surface area (Å²) in [4.78, 5) is 32.1. The van der Waals surface area contributed by atoms with Crippen molar-refractivity contribution in [2.24, 2.45) is 17.4 Å². The number of nitrogens with two attached hydrogens (primary N) is 2. The Hall–Kier alpha value is -1.85. The number of nitrogens with one attached hydrogen (secondary N) is 1. The Balaban J connectivity index is 3.01. The lowest BCUT2D eigenvalue weighted by molar-refractivity contribution is -0.135. The number of carbonyl (C=O) groups is 3. The highest BCUT2D eigenvalue weighted by atomic mass is 16.2. The molecule has 0 saturated heterocycles. The number of primary amides is 1. The lowest BCUT2D eigenvalue weighted by Crippen LogP contribution is -2.47. The monoisotopic (exact) mass is 169 g/mol. The average Bonchev–Trinajstić information content (AvgIpc) is 1.82. The van der Waals surface area contributed by atoms with Gasteiger partial charge in [0.15, 0.2) is 5.92 Å². The molecule has 1 aliphatic rings. The van der Waals surface area contributed by atoms with Gasteiger partial charge in [-0.25, -0.2) is 0 Å². The van der Waals surface area contributed by atoms with Crippen molar-refractivity contribution in [3.8, 4) is 0 Å². The predicted octanol–water partition coefficient (Wildman–Crippen LogP) is -2.41. The molecule has 0 aromatic heterocycles. The van der Waals surface area contributed by atoms with Crippen LogP contribution in [0.4, 0.5) is 0 Å². The SMILES string of the molecule is NC(=O)C1C(=O)NC(=O)C=C1N. The predicted molar refractivity (Wildman–Crippen MR) is 38.1 cm³/mol. The maximum atomic E-state index is 10.9. The zero-order valence-corrected chi connectivity index (χ0v) is 6.03. The molecule has 1 aliphatic heterocycles. The van der Waals surface area contributed by atoms with E-state index in [1.165, 1.54) is 0 Å². The number of hydrogen-bond acceptors (Lipinski definition) is 4. The molecule has 6 nitrogen and oxygen atoms in total. The number of imide groups is 1. The van der Waals surface area contributed by atoms with Crippen LogP contribution < -0.4 is 16.8 Å². The van der Waals surface area contributed by atoms with Crippen LogP contribution >= 0.6 is 0 Å². The van der Waals surface area contributed by atoms with Crippen LogP contribution in [0.1, 0.15) is 0 Å². The van der Waals surface area contributed by atoms with Crippen LogP contribution in [0.2, 0.25) is 0 Å². The normalized spacial score (nSPS) is 23.0. The molecule has 3 amide bonds. The van der Waals surface area contributed by atoms with Crippen molar-refractivity contribution in [2.75, 3.05) is 0 Å². The summed E-state index contributed by atoms with van der Waals surface area (Å²) >= 11 is 0. The molecule has 1 atom stereocenters. The largest absolute Gasteiger partial charge is 0.401 e. The molecule has 12 heavy (non-hydrogen) atoms. The highest BCUT2D eigenvalue weighted by molar-refractivity contribution is 6.13. The molecule has 0 radical (unpaired) electrons. The summed E-state index contributed by atoms with van der Waals surface area (Å²) in [6.45, 7) is 0. The zero-order valence-electron chi connectivity index (χ0n) is 6.03. The first-order valence-corrected chi connectivity index (χ1v) is 3.13. The van der Waals surface area contributed by atoms with E-state index in [2.05, 4.69) is 0 Å². The third-order valence-corrected chi connectivity index (χ3v) is 1.42. The highest BCUT2D eigenvalue weighted by Crippen LogP contribution is 2.08. The Bertz CT molecular complexity index is 294. The summed E-state index contributed by atoms with van der Waals surface area (Å²) in [6, 6.07) is 0. The zero-order chi connectivity index (χ0) is 9.30. The van der Waals surface area contributed by atoms with Crippen molar-refractivity contribution in [1.29, 1.82) is 0 Å². The summed E-state index contributed by atoms with van der Waals surface area (Å²) < 4.78 is 0. The molecule has 0 aliphatic carbocycles. The Morgan fingerprint density at radius 2 is 2.08 bits per heavy atom. The van der Waals surface area contributed by atoms with Crippen molar-refractivity contribution in [3.63, 3.8) is 0 Å². The molecule has 0 bridgehead atoms. The van der Waals surface area contributed by atoms with Gasteiger partial charge >= 0.3 is 0 Å². The van der Waals surface area contributed by atoms with Gasteiger partial charge in [-0.3, -0.25) is 19.7 Å². The fourth-order valence-electron chi connectivity index (χ4n) is 0.909. The van der Waals surface area contributed by atoms with Crippen molar-refractivity contribution in [1.82, 2.24) is 5.32 Å². The van der Waals surface area contributed by atoms with Crippen LogP contribution in [0.3, 0.4) is 0 Å². The topological polar surface area (TPSA) is 115 Å². The fraction of sp³-hybridized carbons (Fsp3) is 0.167. The third-order valence-electron chi connectivity index (χ3n) is 1.42. The van der Waals surface area contributed by atoms with Crippen LogP contribution in [0.5, 0.6) is 0 Å². The summed E-state index contributed by atoms with van der Waals surface area (Å²) in [5, 5.41) is 1.91. The van der Waals surface area contributed by atoms with Gasteiger partial charge in [0.05, 0.1) is 0 Å². The van der Waals surface area contributed by atoms with Gasteiger partial charge in [0.1, 0.15) is 0 Å². The van der Waals surface area contributed by atoms with E-state index in [1.54, 1.807) is 0 Å².